The van der Waals surface area contributed by atoms with E-state index in [4.69, 9.17) is 9.47 Å². The summed E-state index contributed by atoms with van der Waals surface area (Å²) in [6.07, 6.45) is 5.36. The van der Waals surface area contributed by atoms with Crippen molar-refractivity contribution in [2.45, 2.75) is 24.9 Å². The highest BCUT2D eigenvalue weighted by molar-refractivity contribution is 5.45. The van der Waals surface area contributed by atoms with E-state index in [-0.39, 0.29) is 6.10 Å². The lowest BCUT2D eigenvalue weighted by atomic mass is 9.86. The summed E-state index contributed by atoms with van der Waals surface area (Å²) in [6, 6.07) is 6.03. The van der Waals surface area contributed by atoms with Gasteiger partial charge in [0.15, 0.2) is 11.5 Å². The number of hydrogen-bond acceptors (Lipinski definition) is 3. The van der Waals surface area contributed by atoms with Gasteiger partial charge < -0.3 is 14.6 Å². The van der Waals surface area contributed by atoms with Gasteiger partial charge in [0.05, 0.1) is 6.10 Å². The molecule has 3 heteroatoms. The maximum atomic E-state index is 9.59. The number of rotatable bonds is 1. The first kappa shape index (κ1) is 9.73. The van der Waals surface area contributed by atoms with Crippen molar-refractivity contribution in [3.63, 3.8) is 0 Å². The summed E-state index contributed by atoms with van der Waals surface area (Å²) in [5.74, 6) is 2.02. The van der Waals surface area contributed by atoms with Crippen LogP contribution in [-0.4, -0.2) is 18.0 Å². The fourth-order valence-corrected chi connectivity index (χ4v) is 2.31. The molecule has 16 heavy (non-hydrogen) atoms. The van der Waals surface area contributed by atoms with Gasteiger partial charge in [-0.05, 0) is 36.5 Å². The van der Waals surface area contributed by atoms with Crippen LogP contribution in [0.1, 0.15) is 24.3 Å². The Morgan fingerprint density at radius 1 is 1.19 bits per heavy atom. The lowest BCUT2D eigenvalue weighted by molar-refractivity contribution is 0.173. The Bertz CT molecular complexity index is 425. The molecule has 3 nitrogen and oxygen atoms in total. The SMILES string of the molecule is OC1C=CC[C@@H](c2ccc3c(c2)OCO3)C1. The maximum absolute atomic E-state index is 9.59. The van der Waals surface area contributed by atoms with E-state index in [9.17, 15) is 5.11 Å². The zero-order valence-corrected chi connectivity index (χ0v) is 8.93. The Kier molecular flexibility index (Phi) is 2.33. The molecular weight excluding hydrogens is 204 g/mol. The van der Waals surface area contributed by atoms with E-state index in [1.165, 1.54) is 5.56 Å². The van der Waals surface area contributed by atoms with Gasteiger partial charge in [0, 0.05) is 0 Å². The minimum Gasteiger partial charge on any atom is -0.454 e. The summed E-state index contributed by atoms with van der Waals surface area (Å²) in [6.45, 7) is 0.311. The lowest BCUT2D eigenvalue weighted by Crippen LogP contribution is -2.13. The number of aliphatic hydroxyl groups excluding tert-OH is 1. The first-order valence-electron chi connectivity index (χ1n) is 5.57. The molecule has 1 aliphatic heterocycles. The van der Waals surface area contributed by atoms with Gasteiger partial charge in [-0.15, -0.1) is 0 Å². The van der Waals surface area contributed by atoms with Crippen LogP contribution in [0.4, 0.5) is 0 Å². The lowest BCUT2D eigenvalue weighted by Gasteiger charge is -2.21. The van der Waals surface area contributed by atoms with Crippen LogP contribution < -0.4 is 9.47 Å². The van der Waals surface area contributed by atoms with Crippen molar-refractivity contribution in [1.29, 1.82) is 0 Å². The predicted octanol–water partition coefficient (Wildman–Crippen LogP) is 2.21. The molecule has 0 bridgehead atoms. The molecule has 0 radical (unpaired) electrons. The normalized spacial score (nSPS) is 27.1. The molecule has 0 saturated carbocycles. The number of aliphatic hydroxyl groups is 1. The van der Waals surface area contributed by atoms with E-state index in [0.717, 1.165) is 24.3 Å². The largest absolute Gasteiger partial charge is 0.454 e. The summed E-state index contributed by atoms with van der Waals surface area (Å²) in [4.78, 5) is 0. The zero-order chi connectivity index (χ0) is 11.0. The Balaban J connectivity index is 1.87. The van der Waals surface area contributed by atoms with Crippen molar-refractivity contribution in [2.75, 3.05) is 6.79 Å². The predicted molar refractivity (Wildman–Crippen MR) is 59.7 cm³/mol. The molecule has 0 amide bonds. The number of allylic oxidation sites excluding steroid dienone is 1. The van der Waals surface area contributed by atoms with Crippen molar-refractivity contribution in [3.8, 4) is 11.5 Å². The van der Waals surface area contributed by atoms with Crippen LogP contribution in [0.5, 0.6) is 11.5 Å². The Morgan fingerprint density at radius 3 is 2.94 bits per heavy atom. The molecule has 2 atom stereocenters. The fourth-order valence-electron chi connectivity index (χ4n) is 2.31. The molecule has 2 aliphatic rings. The topological polar surface area (TPSA) is 38.7 Å². The van der Waals surface area contributed by atoms with E-state index < -0.39 is 0 Å². The Labute approximate surface area is 94.3 Å². The molecule has 1 aromatic carbocycles. The number of hydrogen-bond donors (Lipinski definition) is 1. The van der Waals surface area contributed by atoms with Crippen LogP contribution in [0.15, 0.2) is 30.4 Å². The summed E-state index contributed by atoms with van der Waals surface area (Å²) in [7, 11) is 0. The van der Waals surface area contributed by atoms with Crippen molar-refractivity contribution in [3.05, 3.63) is 35.9 Å². The van der Waals surface area contributed by atoms with Gasteiger partial charge in [-0.3, -0.25) is 0 Å². The smallest absolute Gasteiger partial charge is 0.231 e. The fraction of sp³-hybridized carbons (Fsp3) is 0.385. The van der Waals surface area contributed by atoms with Crippen LogP contribution in [0.2, 0.25) is 0 Å². The summed E-state index contributed by atoms with van der Waals surface area (Å²) in [5.41, 5.74) is 1.22. The van der Waals surface area contributed by atoms with E-state index >= 15 is 0 Å². The van der Waals surface area contributed by atoms with E-state index in [2.05, 4.69) is 6.07 Å². The molecule has 1 unspecified atom stereocenters. The van der Waals surface area contributed by atoms with Gasteiger partial charge in [-0.1, -0.05) is 18.2 Å². The van der Waals surface area contributed by atoms with Gasteiger partial charge >= 0.3 is 0 Å². The zero-order valence-electron chi connectivity index (χ0n) is 8.93. The minimum absolute atomic E-state index is 0.311. The Hall–Kier alpha value is -1.48. The minimum atomic E-state index is -0.316. The number of ether oxygens (including phenoxy) is 2. The van der Waals surface area contributed by atoms with Crippen molar-refractivity contribution >= 4 is 0 Å². The maximum Gasteiger partial charge on any atom is 0.231 e. The van der Waals surface area contributed by atoms with E-state index in [1.54, 1.807) is 0 Å². The highest BCUT2D eigenvalue weighted by Crippen LogP contribution is 2.37. The second-order valence-corrected chi connectivity index (χ2v) is 4.28. The standard InChI is InChI=1S/C13H14O3/c14-11-3-1-2-9(6-11)10-4-5-12-13(7-10)16-8-15-12/h1,3-5,7,9,11,14H,2,6,8H2/t9-,11?/m1/s1. The van der Waals surface area contributed by atoms with Gasteiger partial charge in [0.25, 0.3) is 0 Å². The molecule has 1 N–H and O–H groups in total. The van der Waals surface area contributed by atoms with Crippen LogP contribution in [0, 0.1) is 0 Å². The van der Waals surface area contributed by atoms with Crippen molar-refractivity contribution in [1.82, 2.24) is 0 Å². The van der Waals surface area contributed by atoms with Gasteiger partial charge in [-0.25, -0.2) is 0 Å². The molecule has 84 valence electrons. The first-order valence-corrected chi connectivity index (χ1v) is 5.57. The molecule has 1 aliphatic carbocycles. The molecule has 0 aromatic heterocycles. The van der Waals surface area contributed by atoms with Crippen molar-refractivity contribution in [2.24, 2.45) is 0 Å². The average molecular weight is 218 g/mol. The second-order valence-electron chi connectivity index (χ2n) is 4.28. The quantitative estimate of drug-likeness (QED) is 0.734. The molecule has 0 spiro atoms. The second kappa shape index (κ2) is 3.83. The number of fused-ring (bicyclic) bond motifs is 1. The summed E-state index contributed by atoms with van der Waals surface area (Å²) >= 11 is 0. The van der Waals surface area contributed by atoms with Gasteiger partial charge in [-0.2, -0.15) is 0 Å². The highest BCUT2D eigenvalue weighted by Gasteiger charge is 2.21. The third-order valence-corrected chi connectivity index (χ3v) is 3.17. The molecule has 0 saturated heterocycles. The van der Waals surface area contributed by atoms with Crippen molar-refractivity contribution < 1.29 is 14.6 Å². The van der Waals surface area contributed by atoms with Crippen LogP contribution in [-0.2, 0) is 0 Å². The van der Waals surface area contributed by atoms with E-state index in [0.29, 0.717) is 12.7 Å². The molecule has 1 heterocycles. The Morgan fingerprint density at radius 2 is 2.06 bits per heavy atom. The monoisotopic (exact) mass is 218 g/mol. The van der Waals surface area contributed by atoms with Crippen LogP contribution in [0.3, 0.4) is 0 Å². The summed E-state index contributed by atoms with van der Waals surface area (Å²) in [5, 5.41) is 9.59. The third kappa shape index (κ3) is 1.67. The molecule has 1 aromatic rings. The van der Waals surface area contributed by atoms with Gasteiger partial charge in [0.2, 0.25) is 6.79 Å². The third-order valence-electron chi connectivity index (χ3n) is 3.17. The summed E-state index contributed by atoms with van der Waals surface area (Å²) < 4.78 is 10.6. The average Bonchev–Trinajstić information content (AvgIpc) is 2.75. The van der Waals surface area contributed by atoms with Crippen LogP contribution in [0.25, 0.3) is 0 Å². The highest BCUT2D eigenvalue weighted by atomic mass is 16.7. The molecule has 0 fully saturated rings. The first-order chi connectivity index (χ1) is 7.83. The molecular formula is C13H14O3. The van der Waals surface area contributed by atoms with Gasteiger partial charge in [0.1, 0.15) is 0 Å². The van der Waals surface area contributed by atoms with Crippen LogP contribution >= 0.6 is 0 Å². The number of benzene rings is 1. The molecule has 3 rings (SSSR count). The van der Waals surface area contributed by atoms with E-state index in [1.807, 2.05) is 24.3 Å².